The van der Waals surface area contributed by atoms with E-state index in [4.69, 9.17) is 0 Å². The number of aryl methyl sites for hydroxylation is 1. The van der Waals surface area contributed by atoms with E-state index in [1.807, 2.05) is 60.0 Å². The molecule has 0 amide bonds. The first kappa shape index (κ1) is 22.0. The van der Waals surface area contributed by atoms with Crippen molar-refractivity contribution in [1.29, 1.82) is 0 Å². The van der Waals surface area contributed by atoms with Crippen LogP contribution >= 0.6 is 0 Å². The molecule has 1 aromatic heterocycles. The summed E-state index contributed by atoms with van der Waals surface area (Å²) in [7, 11) is -4.09. The third-order valence-corrected chi connectivity index (χ3v) is 7.28. The van der Waals surface area contributed by atoms with Crippen molar-refractivity contribution in [2.24, 2.45) is 0 Å². The summed E-state index contributed by atoms with van der Waals surface area (Å²) in [5.41, 5.74) is 2.72. The third-order valence-electron chi connectivity index (χ3n) is 5.46. The third kappa shape index (κ3) is 4.25. The maximum absolute atomic E-state index is 13.1. The Labute approximate surface area is 186 Å². The molecule has 1 unspecified atom stereocenters. The highest BCUT2D eigenvalue weighted by atomic mass is 32.2. The first-order valence-electron chi connectivity index (χ1n) is 10.2. The molecule has 32 heavy (non-hydrogen) atoms. The Balaban J connectivity index is 1.65. The Morgan fingerprint density at radius 1 is 0.938 bits per heavy atom. The lowest BCUT2D eigenvalue weighted by Crippen LogP contribution is -2.42. The van der Waals surface area contributed by atoms with Gasteiger partial charge in [-0.1, -0.05) is 54.1 Å². The summed E-state index contributed by atoms with van der Waals surface area (Å²) in [6.07, 6.45) is -1.12. The molecule has 4 aromatic rings. The molecule has 0 aliphatic heterocycles. The highest BCUT2D eigenvalue weighted by Gasteiger charge is 2.29. The quantitative estimate of drug-likeness (QED) is 0.428. The molecular formula is C24H24N2O5S. The first-order chi connectivity index (χ1) is 15.3. The van der Waals surface area contributed by atoms with E-state index in [1.165, 1.54) is 12.1 Å². The number of carboxylic acid groups (broad SMARTS) is 1. The van der Waals surface area contributed by atoms with Crippen molar-refractivity contribution in [2.75, 3.05) is 13.1 Å². The Morgan fingerprint density at radius 3 is 2.00 bits per heavy atom. The van der Waals surface area contributed by atoms with Gasteiger partial charge in [0, 0.05) is 28.4 Å². The lowest BCUT2D eigenvalue weighted by Gasteiger charge is -2.24. The fourth-order valence-electron chi connectivity index (χ4n) is 3.96. The fourth-order valence-corrected chi connectivity index (χ4v) is 5.39. The van der Waals surface area contributed by atoms with Crippen molar-refractivity contribution >= 4 is 37.8 Å². The molecule has 4 rings (SSSR count). The number of hydrogen-bond acceptors (Lipinski definition) is 4. The zero-order chi connectivity index (χ0) is 22.9. The van der Waals surface area contributed by atoms with Gasteiger partial charge in [-0.2, -0.15) is 4.31 Å². The second-order valence-electron chi connectivity index (χ2n) is 7.80. The highest BCUT2D eigenvalue weighted by Crippen LogP contribution is 2.29. The van der Waals surface area contributed by atoms with Crippen LogP contribution in [0.2, 0.25) is 0 Å². The van der Waals surface area contributed by atoms with Gasteiger partial charge in [0.1, 0.15) is 6.54 Å². The number of sulfonamides is 1. The van der Waals surface area contributed by atoms with Crippen LogP contribution in [0.15, 0.2) is 77.7 Å². The smallest absolute Gasteiger partial charge is 0.318 e. The summed E-state index contributed by atoms with van der Waals surface area (Å²) in [6.45, 7) is 0.873. The van der Waals surface area contributed by atoms with E-state index in [-0.39, 0.29) is 18.0 Å². The maximum Gasteiger partial charge on any atom is 0.318 e. The zero-order valence-electron chi connectivity index (χ0n) is 17.5. The summed E-state index contributed by atoms with van der Waals surface area (Å²) >= 11 is 0. The molecular weight excluding hydrogens is 428 g/mol. The molecule has 3 aromatic carbocycles. The van der Waals surface area contributed by atoms with Crippen LogP contribution < -0.4 is 0 Å². The van der Waals surface area contributed by atoms with E-state index in [9.17, 15) is 23.4 Å². The molecule has 8 heteroatoms. The van der Waals surface area contributed by atoms with Gasteiger partial charge in [0.2, 0.25) is 10.0 Å². The number of carbonyl (C=O) groups is 1. The van der Waals surface area contributed by atoms with Gasteiger partial charge in [0.05, 0.1) is 17.5 Å². The van der Waals surface area contributed by atoms with Gasteiger partial charge < -0.3 is 14.8 Å². The van der Waals surface area contributed by atoms with Gasteiger partial charge in [-0.25, -0.2) is 8.42 Å². The van der Waals surface area contributed by atoms with E-state index in [0.717, 1.165) is 31.7 Å². The molecule has 0 fully saturated rings. The van der Waals surface area contributed by atoms with Crippen molar-refractivity contribution in [1.82, 2.24) is 8.87 Å². The first-order valence-corrected chi connectivity index (χ1v) is 11.6. The molecule has 1 heterocycles. The summed E-state index contributed by atoms with van der Waals surface area (Å²) in [5, 5.41) is 22.2. The monoisotopic (exact) mass is 452 g/mol. The molecule has 0 saturated carbocycles. The van der Waals surface area contributed by atoms with Crippen LogP contribution in [0, 0.1) is 6.92 Å². The van der Waals surface area contributed by atoms with Crippen molar-refractivity contribution in [3.05, 3.63) is 78.4 Å². The summed E-state index contributed by atoms with van der Waals surface area (Å²) in [4.78, 5) is 11.4. The molecule has 1 atom stereocenters. The van der Waals surface area contributed by atoms with Crippen LogP contribution in [0.25, 0.3) is 21.8 Å². The SMILES string of the molecule is Cc1ccc(S(=O)(=O)N(CC(=O)O)CC(O)Cn2c3ccccc3c3ccccc32)cc1. The number of rotatable bonds is 8. The molecule has 0 spiro atoms. The standard InChI is InChI=1S/C24H24N2O5S/c1-17-10-12-19(13-11-17)32(30,31)25(16-24(28)29)14-18(27)15-26-22-8-4-2-6-20(22)21-7-3-5-9-23(21)26/h2-13,18,27H,14-16H2,1H3,(H,28,29). The Bertz CT molecular complexity index is 1320. The number of carboxylic acids is 1. The van der Waals surface area contributed by atoms with E-state index in [2.05, 4.69) is 0 Å². The largest absolute Gasteiger partial charge is 0.480 e. The molecule has 0 radical (unpaired) electrons. The Kier molecular flexibility index (Phi) is 6.01. The van der Waals surface area contributed by atoms with Gasteiger partial charge in [0.25, 0.3) is 0 Å². The van der Waals surface area contributed by atoms with Crippen LogP contribution in [0.4, 0.5) is 0 Å². The topological polar surface area (TPSA) is 99.8 Å². The van der Waals surface area contributed by atoms with Gasteiger partial charge in [-0.05, 0) is 31.2 Å². The molecule has 0 saturated heterocycles. The maximum atomic E-state index is 13.1. The average molecular weight is 453 g/mol. The normalized spacial score (nSPS) is 13.1. The number of fused-ring (bicyclic) bond motifs is 3. The van der Waals surface area contributed by atoms with Gasteiger partial charge in [0.15, 0.2) is 0 Å². The van der Waals surface area contributed by atoms with Gasteiger partial charge in [-0.15, -0.1) is 0 Å². The minimum Gasteiger partial charge on any atom is -0.480 e. The number of aliphatic hydroxyl groups is 1. The Hall–Kier alpha value is -3.20. The molecule has 166 valence electrons. The highest BCUT2D eigenvalue weighted by molar-refractivity contribution is 7.89. The number of benzene rings is 3. The van der Waals surface area contributed by atoms with Gasteiger partial charge >= 0.3 is 5.97 Å². The molecule has 0 bridgehead atoms. The number of nitrogens with zero attached hydrogens (tertiary/aromatic N) is 2. The van der Waals surface area contributed by atoms with Gasteiger partial charge in [-0.3, -0.25) is 4.79 Å². The van der Waals surface area contributed by atoms with Crippen LogP contribution in [0.1, 0.15) is 5.56 Å². The summed E-state index contributed by atoms with van der Waals surface area (Å²) < 4.78 is 28.9. The predicted octanol–water partition coefficient (Wildman–Crippen LogP) is 3.24. The van der Waals surface area contributed by atoms with E-state index in [1.54, 1.807) is 12.1 Å². The van der Waals surface area contributed by atoms with E-state index < -0.39 is 28.6 Å². The minimum atomic E-state index is -4.09. The van der Waals surface area contributed by atoms with E-state index >= 15 is 0 Å². The second-order valence-corrected chi connectivity index (χ2v) is 9.74. The average Bonchev–Trinajstić information content (AvgIpc) is 3.07. The zero-order valence-corrected chi connectivity index (χ0v) is 18.4. The van der Waals surface area contributed by atoms with Crippen LogP contribution in [-0.4, -0.2) is 52.7 Å². The molecule has 0 aliphatic carbocycles. The van der Waals surface area contributed by atoms with Crippen molar-refractivity contribution in [3.63, 3.8) is 0 Å². The van der Waals surface area contributed by atoms with Crippen LogP contribution in [-0.2, 0) is 21.4 Å². The van der Waals surface area contributed by atoms with Crippen molar-refractivity contribution in [3.8, 4) is 0 Å². The summed E-state index contributed by atoms with van der Waals surface area (Å²) in [6, 6.07) is 21.8. The lowest BCUT2D eigenvalue weighted by atomic mass is 10.2. The molecule has 0 aliphatic rings. The van der Waals surface area contributed by atoms with E-state index in [0.29, 0.717) is 0 Å². The predicted molar refractivity (Wildman–Crippen MR) is 123 cm³/mol. The minimum absolute atomic E-state index is 0.00610. The van der Waals surface area contributed by atoms with Crippen molar-refractivity contribution in [2.45, 2.75) is 24.5 Å². The fraction of sp³-hybridized carbons (Fsp3) is 0.208. The summed E-state index contributed by atoms with van der Waals surface area (Å²) in [5.74, 6) is -1.29. The number of aliphatic hydroxyl groups excluding tert-OH is 1. The lowest BCUT2D eigenvalue weighted by molar-refractivity contribution is -0.137. The second kappa shape index (κ2) is 8.74. The molecule has 2 N–H and O–H groups in total. The van der Waals surface area contributed by atoms with Crippen LogP contribution in [0.5, 0.6) is 0 Å². The van der Waals surface area contributed by atoms with Crippen LogP contribution in [0.3, 0.4) is 0 Å². The molecule has 7 nitrogen and oxygen atoms in total. The number of aliphatic carboxylic acids is 1. The number of hydrogen-bond donors (Lipinski definition) is 2. The number of aromatic nitrogens is 1. The number of para-hydroxylation sites is 2. The van der Waals surface area contributed by atoms with Crippen molar-refractivity contribution < 1.29 is 23.4 Å². The Morgan fingerprint density at radius 2 is 1.47 bits per heavy atom.